The van der Waals surface area contributed by atoms with Gasteiger partial charge in [-0.2, -0.15) is 0 Å². The Labute approximate surface area is 207 Å². The highest BCUT2D eigenvalue weighted by molar-refractivity contribution is 5.88. The maximum Gasteiger partial charge on any atom is 0.326 e. The van der Waals surface area contributed by atoms with Gasteiger partial charge in [-0.1, -0.05) is 6.07 Å². The summed E-state index contributed by atoms with van der Waals surface area (Å²) in [4.78, 5) is 38.4. The van der Waals surface area contributed by atoms with Crippen LogP contribution in [0.4, 0.5) is 0 Å². The van der Waals surface area contributed by atoms with Gasteiger partial charge in [-0.3, -0.25) is 9.59 Å². The zero-order valence-corrected chi connectivity index (χ0v) is 20.3. The van der Waals surface area contributed by atoms with Crippen molar-refractivity contribution < 1.29 is 43.9 Å². The number of piperidine rings is 1. The van der Waals surface area contributed by atoms with E-state index in [1.165, 1.54) is 14.0 Å². The maximum atomic E-state index is 12.8. The number of methoxy groups -OCH3 is 1. The third-order valence-electron chi connectivity index (χ3n) is 8.15. The number of aliphatic carboxylic acids is 1. The van der Waals surface area contributed by atoms with E-state index in [9.17, 15) is 29.7 Å². The number of aliphatic hydroxyl groups is 2. The van der Waals surface area contributed by atoms with E-state index in [1.807, 2.05) is 19.2 Å². The number of rotatable bonds is 7. The van der Waals surface area contributed by atoms with Crippen molar-refractivity contribution in [3.63, 3.8) is 0 Å². The van der Waals surface area contributed by atoms with Gasteiger partial charge >= 0.3 is 11.9 Å². The molecule has 2 unspecified atom stereocenters. The highest BCUT2D eigenvalue weighted by Crippen LogP contribution is 2.65. The van der Waals surface area contributed by atoms with Gasteiger partial charge in [0.15, 0.2) is 17.6 Å². The SMILES string of the molecule is COc1ccc2c3c1O[C@H]1C(OC(=O)CC(NC(=O)C(C)O)C(=O)O)=CC[C@@]4(O)[C@@H](C2)N(C)CC[C@]314. The minimum Gasteiger partial charge on any atom is -0.493 e. The number of hydrogen-bond donors (Lipinski definition) is 4. The van der Waals surface area contributed by atoms with E-state index in [-0.39, 0.29) is 18.2 Å². The van der Waals surface area contributed by atoms with Crippen molar-refractivity contribution in [2.45, 2.75) is 67.9 Å². The van der Waals surface area contributed by atoms with Gasteiger partial charge in [0.25, 0.3) is 0 Å². The smallest absolute Gasteiger partial charge is 0.326 e. The summed E-state index contributed by atoms with van der Waals surface area (Å²) in [5, 5.41) is 33.1. The summed E-state index contributed by atoms with van der Waals surface area (Å²) < 4.78 is 17.6. The van der Waals surface area contributed by atoms with Crippen LogP contribution in [0.15, 0.2) is 24.0 Å². The van der Waals surface area contributed by atoms with Crippen molar-refractivity contribution in [1.82, 2.24) is 10.2 Å². The van der Waals surface area contributed by atoms with Crippen LogP contribution in [0.1, 0.15) is 37.3 Å². The minimum atomic E-state index is -1.57. The molecule has 36 heavy (non-hydrogen) atoms. The summed E-state index contributed by atoms with van der Waals surface area (Å²) in [6.07, 6.45) is 0.176. The Bertz CT molecular complexity index is 1160. The fraction of sp³-hybridized carbons (Fsp3) is 0.560. The summed E-state index contributed by atoms with van der Waals surface area (Å²) in [7, 11) is 3.53. The molecular formula is C25H30N2O9. The Morgan fingerprint density at radius 3 is 2.75 bits per heavy atom. The predicted molar refractivity (Wildman–Crippen MR) is 123 cm³/mol. The Balaban J connectivity index is 1.48. The number of nitrogens with zero attached hydrogens (tertiary/aromatic N) is 1. The van der Waals surface area contributed by atoms with Gasteiger partial charge in [0.2, 0.25) is 5.91 Å². The number of aliphatic hydroxyl groups excluding tert-OH is 1. The minimum absolute atomic E-state index is 0.162. The maximum absolute atomic E-state index is 12.8. The van der Waals surface area contributed by atoms with Crippen molar-refractivity contribution in [3.05, 3.63) is 35.1 Å². The molecule has 2 heterocycles. The molecular weight excluding hydrogens is 472 g/mol. The van der Waals surface area contributed by atoms with Crippen LogP contribution >= 0.6 is 0 Å². The molecule has 194 valence electrons. The number of likely N-dealkylation sites (N-methyl/N-ethyl adjacent to an activating group) is 1. The molecule has 1 aromatic carbocycles. The van der Waals surface area contributed by atoms with Gasteiger partial charge in [0.1, 0.15) is 17.9 Å². The lowest BCUT2D eigenvalue weighted by Gasteiger charge is -2.61. The van der Waals surface area contributed by atoms with Crippen LogP contribution in [0.2, 0.25) is 0 Å². The first-order valence-electron chi connectivity index (χ1n) is 11.9. The molecule has 5 rings (SSSR count). The van der Waals surface area contributed by atoms with Crippen molar-refractivity contribution in [2.75, 3.05) is 20.7 Å². The van der Waals surface area contributed by atoms with Crippen LogP contribution in [-0.4, -0.2) is 88.7 Å². The number of benzene rings is 1. The monoisotopic (exact) mass is 502 g/mol. The summed E-state index contributed by atoms with van der Waals surface area (Å²) in [5.41, 5.74) is -0.0968. The third kappa shape index (κ3) is 3.33. The lowest BCUT2D eigenvalue weighted by molar-refractivity contribution is -0.169. The number of carboxylic acid groups (broad SMARTS) is 1. The van der Waals surface area contributed by atoms with Crippen LogP contribution in [0.25, 0.3) is 0 Å². The number of carboxylic acids is 1. The Morgan fingerprint density at radius 2 is 2.08 bits per heavy atom. The number of likely N-dealkylation sites (tertiary alicyclic amines) is 1. The molecule has 0 aromatic heterocycles. The number of amides is 1. The summed E-state index contributed by atoms with van der Waals surface area (Å²) in [6.45, 7) is 1.90. The first-order valence-corrected chi connectivity index (χ1v) is 11.9. The summed E-state index contributed by atoms with van der Waals surface area (Å²) in [5.74, 6) is -1.98. The van der Waals surface area contributed by atoms with Crippen LogP contribution < -0.4 is 14.8 Å². The molecule has 1 amide bonds. The fourth-order valence-electron chi connectivity index (χ4n) is 6.42. The van der Waals surface area contributed by atoms with Crippen molar-refractivity contribution in [3.8, 4) is 11.5 Å². The Hall–Kier alpha value is -3.15. The van der Waals surface area contributed by atoms with Crippen LogP contribution in [-0.2, 0) is 31.0 Å². The molecule has 0 saturated carbocycles. The number of esters is 1. The van der Waals surface area contributed by atoms with Crippen LogP contribution in [0, 0.1) is 0 Å². The van der Waals surface area contributed by atoms with Crippen molar-refractivity contribution in [2.24, 2.45) is 0 Å². The van der Waals surface area contributed by atoms with Crippen molar-refractivity contribution in [1.29, 1.82) is 0 Å². The topological polar surface area (TPSA) is 155 Å². The van der Waals surface area contributed by atoms with Crippen LogP contribution in [0.3, 0.4) is 0 Å². The molecule has 4 aliphatic rings. The molecule has 0 radical (unpaired) electrons. The molecule has 6 atom stereocenters. The first kappa shape index (κ1) is 24.5. The molecule has 2 aliphatic carbocycles. The standard InChI is InChI=1S/C25H30N2O9/c1-12(28)22(30)26-14(23(31)32)11-18(29)35-16-6-7-25(33)17-10-13-4-5-15(34-3)20-19(13)24(25,21(16)36-20)8-9-27(17)2/h4-6,12,14,17,21,28,33H,7-11H2,1-3H3,(H,26,30)(H,31,32)/t12?,14?,17-,21+,24+,25-/m1/s1. The summed E-state index contributed by atoms with van der Waals surface area (Å²) >= 11 is 0. The molecule has 1 spiro atoms. The average Bonchev–Trinajstić information content (AvgIpc) is 3.18. The van der Waals surface area contributed by atoms with E-state index in [0.29, 0.717) is 30.9 Å². The summed E-state index contributed by atoms with van der Waals surface area (Å²) in [6, 6.07) is 2.09. The molecule has 4 N–H and O–H groups in total. The molecule has 1 fully saturated rings. The lowest BCUT2D eigenvalue weighted by atomic mass is 9.50. The van der Waals surface area contributed by atoms with E-state index in [0.717, 1.165) is 11.1 Å². The Morgan fingerprint density at radius 1 is 1.33 bits per heavy atom. The second-order valence-electron chi connectivity index (χ2n) is 10.0. The van der Waals surface area contributed by atoms with Crippen molar-refractivity contribution >= 4 is 17.8 Å². The van der Waals surface area contributed by atoms with E-state index >= 15 is 0 Å². The highest BCUT2D eigenvalue weighted by Gasteiger charge is 2.72. The number of ether oxygens (including phenoxy) is 3. The fourth-order valence-corrected chi connectivity index (χ4v) is 6.42. The normalized spacial score (nSPS) is 31.3. The van der Waals surface area contributed by atoms with Gasteiger partial charge in [-0.05, 0) is 51.1 Å². The highest BCUT2D eigenvalue weighted by atomic mass is 16.6. The van der Waals surface area contributed by atoms with E-state index < -0.39 is 53.5 Å². The quantitative estimate of drug-likeness (QED) is 0.370. The van der Waals surface area contributed by atoms with Gasteiger partial charge in [0.05, 0.1) is 24.5 Å². The van der Waals surface area contributed by atoms with Crippen LogP contribution in [0.5, 0.6) is 11.5 Å². The zero-order valence-electron chi connectivity index (χ0n) is 20.3. The first-order chi connectivity index (χ1) is 17.0. The van der Waals surface area contributed by atoms with E-state index in [2.05, 4.69) is 10.2 Å². The van der Waals surface area contributed by atoms with Gasteiger partial charge < -0.3 is 39.7 Å². The third-order valence-corrected chi connectivity index (χ3v) is 8.15. The molecule has 11 nitrogen and oxygen atoms in total. The average molecular weight is 503 g/mol. The largest absolute Gasteiger partial charge is 0.493 e. The number of nitrogens with one attached hydrogen (secondary N) is 1. The van der Waals surface area contributed by atoms with E-state index in [1.54, 1.807) is 6.08 Å². The zero-order chi connectivity index (χ0) is 26.0. The molecule has 2 bridgehead atoms. The molecule has 2 aliphatic heterocycles. The molecule has 1 saturated heterocycles. The Kier molecular flexibility index (Phi) is 5.77. The lowest BCUT2D eigenvalue weighted by Crippen LogP contribution is -2.74. The number of hydrogen-bond acceptors (Lipinski definition) is 9. The second-order valence-corrected chi connectivity index (χ2v) is 10.0. The molecule has 11 heteroatoms. The second kappa shape index (κ2) is 8.46. The van der Waals surface area contributed by atoms with Gasteiger partial charge in [-0.25, -0.2) is 4.79 Å². The van der Waals surface area contributed by atoms with Gasteiger partial charge in [-0.15, -0.1) is 0 Å². The van der Waals surface area contributed by atoms with E-state index in [4.69, 9.17) is 14.2 Å². The number of carbonyl (C=O) groups is 3. The predicted octanol–water partition coefficient (Wildman–Crippen LogP) is -0.144. The number of carbonyl (C=O) groups excluding carboxylic acids is 2. The molecule has 1 aromatic rings. The van der Waals surface area contributed by atoms with Gasteiger partial charge in [0, 0.05) is 18.0 Å².